The van der Waals surface area contributed by atoms with Crippen LogP contribution in [0.15, 0.2) is 20.8 Å². The molecule has 18 nitrogen and oxygen atoms in total. The van der Waals surface area contributed by atoms with Crippen molar-refractivity contribution in [2.45, 2.75) is 76.2 Å². The number of oxime groups is 1. The predicted molar refractivity (Wildman–Crippen MR) is 190 cm³/mol. The lowest BCUT2D eigenvalue weighted by Gasteiger charge is -2.49. The first kappa shape index (κ1) is 39.8. The average Bonchev–Trinajstić information content (AvgIpc) is 3.67. The van der Waals surface area contributed by atoms with Crippen molar-refractivity contribution in [3.63, 3.8) is 0 Å². The molecule has 2 atom stereocenters. The topological polar surface area (TPSA) is 240 Å². The Labute approximate surface area is 310 Å². The summed E-state index contributed by atoms with van der Waals surface area (Å²) in [6.07, 6.45) is -0.250. The number of nitrogens with one attached hydrogen (secondary N) is 2. The molecular formula is C29H39N9O9S4. The van der Waals surface area contributed by atoms with Crippen molar-refractivity contribution in [1.29, 1.82) is 0 Å². The van der Waals surface area contributed by atoms with E-state index in [1.807, 2.05) is 6.92 Å². The molecule has 4 rings (SSSR count). The SMILES string of the molecule is Cc1nnc(SCC2=C(C(=O)OCOC(=O)C(C)(C)C)N3C(=O)C(NC(=O)C(=NOCCCNC(=O)OC(C)(C)C)c4nsc(N)n4)[C@@H]3SC2)s1. The number of thioether (sulfide) groups is 2. The molecule has 51 heavy (non-hydrogen) atoms. The maximum Gasteiger partial charge on any atom is 0.407 e. The molecule has 0 radical (unpaired) electrons. The second-order valence-corrected chi connectivity index (χ2v) is 17.2. The zero-order valence-electron chi connectivity index (χ0n) is 29.0. The monoisotopic (exact) mass is 785 g/mol. The Morgan fingerprint density at radius 3 is 2.49 bits per heavy atom. The van der Waals surface area contributed by atoms with E-state index in [-0.39, 0.29) is 35.5 Å². The summed E-state index contributed by atoms with van der Waals surface area (Å²) >= 11 is 4.93. The molecule has 4 heterocycles. The number of nitrogens with two attached hydrogens (primary N) is 1. The number of alkyl carbamates (subject to hydrolysis) is 1. The smallest absolute Gasteiger partial charge is 0.407 e. The van der Waals surface area contributed by atoms with Crippen LogP contribution in [-0.4, -0.2) is 108 Å². The van der Waals surface area contributed by atoms with E-state index in [2.05, 4.69) is 35.3 Å². The fourth-order valence-corrected chi connectivity index (χ4v) is 7.90. The summed E-state index contributed by atoms with van der Waals surface area (Å²) in [5, 5.41) is 17.5. The molecule has 2 aliphatic rings. The van der Waals surface area contributed by atoms with Gasteiger partial charge in [-0.15, -0.1) is 22.0 Å². The number of nitrogens with zero attached hydrogens (tertiary/aromatic N) is 6. The summed E-state index contributed by atoms with van der Waals surface area (Å²) in [4.78, 5) is 75.2. The second kappa shape index (κ2) is 17.0. The third-order valence-corrected chi connectivity index (χ3v) is 10.4. The van der Waals surface area contributed by atoms with E-state index in [1.165, 1.54) is 39.8 Å². The molecule has 1 saturated heterocycles. The van der Waals surface area contributed by atoms with Gasteiger partial charge in [-0.3, -0.25) is 19.3 Å². The lowest BCUT2D eigenvalue weighted by Crippen LogP contribution is -2.71. The number of nitrogen functional groups attached to an aromatic ring is 1. The molecular weight excluding hydrogens is 747 g/mol. The number of β-lactam (4-membered cyclic amide) rings is 1. The van der Waals surface area contributed by atoms with Gasteiger partial charge in [0.05, 0.1) is 5.41 Å². The van der Waals surface area contributed by atoms with Crippen molar-refractivity contribution in [1.82, 2.24) is 35.1 Å². The molecule has 278 valence electrons. The molecule has 0 bridgehead atoms. The number of carbonyl (C=O) groups is 5. The Morgan fingerprint density at radius 1 is 1.12 bits per heavy atom. The number of amides is 3. The Kier molecular flexibility index (Phi) is 13.3. The van der Waals surface area contributed by atoms with Crippen LogP contribution >= 0.6 is 46.4 Å². The minimum atomic E-state index is -1.05. The predicted octanol–water partition coefficient (Wildman–Crippen LogP) is 2.45. The lowest BCUT2D eigenvalue weighted by atomic mass is 9.98. The number of hydrogen-bond donors (Lipinski definition) is 3. The van der Waals surface area contributed by atoms with E-state index in [9.17, 15) is 24.0 Å². The Bertz CT molecular complexity index is 1700. The Morgan fingerprint density at radius 2 is 1.86 bits per heavy atom. The van der Waals surface area contributed by atoms with E-state index >= 15 is 0 Å². The molecule has 0 spiro atoms. The van der Waals surface area contributed by atoms with Crippen LogP contribution in [0.1, 0.15) is 58.8 Å². The summed E-state index contributed by atoms with van der Waals surface area (Å²) in [5.74, 6) is -2.29. The molecule has 1 fully saturated rings. The number of ether oxygens (including phenoxy) is 3. The third-order valence-electron chi connectivity index (χ3n) is 6.50. The van der Waals surface area contributed by atoms with Gasteiger partial charge in [0.25, 0.3) is 11.8 Å². The number of fused-ring (bicyclic) bond motifs is 1. The van der Waals surface area contributed by atoms with E-state index in [4.69, 9.17) is 24.8 Å². The second-order valence-electron chi connectivity index (χ2n) is 12.9. The minimum Gasteiger partial charge on any atom is -0.444 e. The summed E-state index contributed by atoms with van der Waals surface area (Å²) in [6, 6.07) is -1.05. The number of hydrogen-bond acceptors (Lipinski definition) is 19. The van der Waals surface area contributed by atoms with Gasteiger partial charge in [0.2, 0.25) is 18.3 Å². The molecule has 1 unspecified atom stereocenters. The number of aromatic nitrogens is 4. The van der Waals surface area contributed by atoms with Crippen molar-refractivity contribution in [2.75, 3.05) is 37.2 Å². The van der Waals surface area contributed by atoms with Gasteiger partial charge in [0.1, 0.15) is 34.3 Å². The highest BCUT2D eigenvalue weighted by atomic mass is 32.2. The molecule has 3 amide bonds. The van der Waals surface area contributed by atoms with E-state index < -0.39 is 59.1 Å². The van der Waals surface area contributed by atoms with Crippen molar-refractivity contribution in [3.05, 3.63) is 22.1 Å². The number of anilines is 1. The van der Waals surface area contributed by atoms with Crippen LogP contribution in [0.5, 0.6) is 0 Å². The fourth-order valence-electron chi connectivity index (χ4n) is 4.17. The van der Waals surface area contributed by atoms with E-state index in [0.29, 0.717) is 27.8 Å². The van der Waals surface area contributed by atoms with Gasteiger partial charge in [-0.05, 0) is 54.0 Å². The van der Waals surface area contributed by atoms with Crippen LogP contribution in [0.25, 0.3) is 0 Å². The van der Waals surface area contributed by atoms with Crippen LogP contribution < -0.4 is 16.4 Å². The van der Waals surface area contributed by atoms with Gasteiger partial charge >= 0.3 is 18.0 Å². The summed E-state index contributed by atoms with van der Waals surface area (Å²) in [5.41, 5.74) is 4.55. The molecule has 2 aromatic heterocycles. The van der Waals surface area contributed by atoms with Crippen LogP contribution in [0, 0.1) is 12.3 Å². The number of esters is 2. The first-order valence-corrected chi connectivity index (χ1v) is 19.1. The van der Waals surface area contributed by atoms with Gasteiger partial charge in [-0.25, -0.2) is 9.59 Å². The molecule has 0 aliphatic carbocycles. The van der Waals surface area contributed by atoms with Crippen LogP contribution in [0.4, 0.5) is 9.93 Å². The van der Waals surface area contributed by atoms with Gasteiger partial charge in [0, 0.05) is 36.0 Å². The zero-order chi connectivity index (χ0) is 37.5. The highest BCUT2D eigenvalue weighted by Crippen LogP contribution is 2.42. The number of carbonyl (C=O) groups excluding carboxylic acids is 5. The van der Waals surface area contributed by atoms with Crippen LogP contribution in [0.2, 0.25) is 0 Å². The van der Waals surface area contributed by atoms with Crippen molar-refractivity contribution in [2.24, 2.45) is 10.6 Å². The lowest BCUT2D eigenvalue weighted by molar-refractivity contribution is -0.173. The highest BCUT2D eigenvalue weighted by molar-refractivity contribution is 8.01. The molecule has 2 aromatic rings. The first-order valence-electron chi connectivity index (χ1n) is 15.5. The highest BCUT2D eigenvalue weighted by Gasteiger charge is 2.55. The molecule has 0 aromatic carbocycles. The number of rotatable bonds is 14. The minimum absolute atomic E-state index is 0.000880. The largest absolute Gasteiger partial charge is 0.444 e. The molecule has 4 N–H and O–H groups in total. The molecule has 22 heteroatoms. The van der Waals surface area contributed by atoms with Crippen molar-refractivity contribution < 1.29 is 43.0 Å². The van der Waals surface area contributed by atoms with Crippen LogP contribution in [-0.2, 0) is 38.2 Å². The standard InChI is InChI=1S/C29H39N9O9S4/c1-14-34-35-27(50-14)49-12-15-11-48-22-17(21(40)38(22)18(15)23(41)44-13-45-24(42)28(2,3)4)32-20(39)16(19-33-25(30)51-37-19)36-46-10-8-9-31-26(43)47-29(5,6)7/h17,22H,8-13H2,1-7H3,(H,31,43)(H,32,39)(H2,30,33,37)/t17?,22-/m0/s1. The summed E-state index contributed by atoms with van der Waals surface area (Å²) in [7, 11) is 0. The number of aryl methyl sites for hydroxylation is 1. The van der Waals surface area contributed by atoms with Gasteiger partial charge in [0.15, 0.2) is 9.47 Å². The van der Waals surface area contributed by atoms with Gasteiger partial charge in [-0.1, -0.05) is 28.3 Å². The summed E-state index contributed by atoms with van der Waals surface area (Å²) in [6.45, 7) is 11.6. The van der Waals surface area contributed by atoms with E-state index in [0.717, 1.165) is 16.5 Å². The maximum atomic E-state index is 13.6. The normalized spacial score (nSPS) is 17.7. The van der Waals surface area contributed by atoms with Crippen molar-refractivity contribution in [3.8, 4) is 0 Å². The third kappa shape index (κ3) is 11.0. The summed E-state index contributed by atoms with van der Waals surface area (Å²) < 4.78 is 20.3. The molecule has 0 saturated carbocycles. The Hall–Kier alpha value is -4.02. The fraction of sp³-hybridized carbons (Fsp3) is 0.586. The van der Waals surface area contributed by atoms with Gasteiger partial charge < -0.3 is 35.4 Å². The quantitative estimate of drug-likeness (QED) is 0.0474. The first-order chi connectivity index (χ1) is 23.9. The molecule has 2 aliphatic heterocycles. The average molecular weight is 786 g/mol. The zero-order valence-corrected chi connectivity index (χ0v) is 32.2. The van der Waals surface area contributed by atoms with Gasteiger partial charge in [-0.2, -0.15) is 9.36 Å². The van der Waals surface area contributed by atoms with E-state index in [1.54, 1.807) is 41.5 Å². The Balaban J connectivity index is 1.44. The maximum absolute atomic E-state index is 13.6. The van der Waals surface area contributed by atoms with Crippen molar-refractivity contribution >= 4 is 87.1 Å². The van der Waals surface area contributed by atoms with Crippen LogP contribution in [0.3, 0.4) is 0 Å².